The summed E-state index contributed by atoms with van der Waals surface area (Å²) >= 11 is 0.950. The largest absolute Gasteiger partial charge is 0.492 e. The minimum Gasteiger partial charge on any atom is -0.492 e. The molecule has 168 valence electrons. The summed E-state index contributed by atoms with van der Waals surface area (Å²) in [6.07, 6.45) is 1.73. The molecule has 1 fully saturated rings. The normalized spacial score (nSPS) is 14.7. The molecule has 0 unspecified atom stereocenters. The number of imide groups is 1. The van der Waals surface area contributed by atoms with Crippen LogP contribution in [-0.4, -0.2) is 29.2 Å². The third-order valence-electron chi connectivity index (χ3n) is 5.28. The molecule has 6 heteroatoms. The number of ether oxygens (including phenoxy) is 2. The number of amides is 2. The van der Waals surface area contributed by atoms with Crippen LogP contribution >= 0.6 is 11.8 Å². The average molecular weight is 460 g/mol. The number of rotatable bonds is 8. The van der Waals surface area contributed by atoms with Gasteiger partial charge in [0.05, 0.1) is 11.4 Å². The van der Waals surface area contributed by atoms with Crippen molar-refractivity contribution in [3.63, 3.8) is 0 Å². The van der Waals surface area contributed by atoms with Crippen LogP contribution in [0.2, 0.25) is 0 Å². The Morgan fingerprint density at radius 1 is 0.879 bits per heavy atom. The maximum Gasteiger partial charge on any atom is 0.293 e. The third kappa shape index (κ3) is 5.84. The zero-order valence-electron chi connectivity index (χ0n) is 18.6. The topological polar surface area (TPSA) is 55.8 Å². The van der Waals surface area contributed by atoms with Crippen molar-refractivity contribution in [1.29, 1.82) is 0 Å². The summed E-state index contributed by atoms with van der Waals surface area (Å²) in [5, 5.41) is -0.280. The monoisotopic (exact) mass is 459 g/mol. The Labute approximate surface area is 198 Å². The van der Waals surface area contributed by atoms with Gasteiger partial charge in [-0.15, -0.1) is 0 Å². The average Bonchev–Trinajstić information content (AvgIpc) is 3.07. The van der Waals surface area contributed by atoms with Crippen LogP contribution in [0.3, 0.4) is 0 Å². The van der Waals surface area contributed by atoms with Crippen molar-refractivity contribution in [3.8, 4) is 11.5 Å². The van der Waals surface area contributed by atoms with E-state index >= 15 is 0 Å². The number of carbonyl (C=O) groups excluding carboxylic acids is 2. The van der Waals surface area contributed by atoms with Gasteiger partial charge in [-0.3, -0.25) is 14.5 Å². The second-order valence-electron chi connectivity index (χ2n) is 7.78. The Morgan fingerprint density at radius 3 is 2.42 bits per heavy atom. The second-order valence-corrected chi connectivity index (χ2v) is 8.78. The lowest BCUT2D eigenvalue weighted by Gasteiger charge is -2.13. The molecule has 1 aliphatic rings. The van der Waals surface area contributed by atoms with Crippen molar-refractivity contribution in [1.82, 2.24) is 4.90 Å². The number of aryl methyl sites for hydroxylation is 2. The fourth-order valence-electron chi connectivity index (χ4n) is 3.40. The first-order valence-corrected chi connectivity index (χ1v) is 11.5. The van der Waals surface area contributed by atoms with Gasteiger partial charge in [0.15, 0.2) is 0 Å². The van der Waals surface area contributed by atoms with Gasteiger partial charge >= 0.3 is 0 Å². The molecule has 0 radical (unpaired) electrons. The summed E-state index contributed by atoms with van der Waals surface area (Å²) in [5.74, 6) is 1.18. The maximum absolute atomic E-state index is 12.7. The summed E-state index contributed by atoms with van der Waals surface area (Å²) in [6.45, 7) is 5.00. The molecular weight excluding hydrogens is 434 g/mol. The van der Waals surface area contributed by atoms with Crippen molar-refractivity contribution in [3.05, 3.63) is 100.0 Å². The Morgan fingerprint density at radius 2 is 1.67 bits per heavy atom. The number of hydrogen-bond acceptors (Lipinski definition) is 5. The molecule has 0 aromatic heterocycles. The predicted molar refractivity (Wildman–Crippen MR) is 131 cm³/mol. The molecule has 2 amide bonds. The first-order valence-electron chi connectivity index (χ1n) is 10.7. The van der Waals surface area contributed by atoms with Crippen LogP contribution in [0.5, 0.6) is 11.5 Å². The number of nitrogens with zero attached hydrogens (tertiary/aromatic N) is 1. The van der Waals surface area contributed by atoms with E-state index in [1.807, 2.05) is 73.7 Å². The molecule has 1 saturated heterocycles. The smallest absolute Gasteiger partial charge is 0.293 e. The van der Waals surface area contributed by atoms with Crippen LogP contribution in [0.15, 0.2) is 77.7 Å². The Bertz CT molecular complexity index is 1190. The SMILES string of the molecule is Cc1cccc(OCCN2C(=O)S/C(=C\c3ccc(OCc4ccccc4C)cc3)C2=O)c1. The van der Waals surface area contributed by atoms with E-state index in [-0.39, 0.29) is 24.3 Å². The maximum atomic E-state index is 12.7. The van der Waals surface area contributed by atoms with Gasteiger partial charge in [0.25, 0.3) is 11.1 Å². The van der Waals surface area contributed by atoms with Gasteiger partial charge in [0.1, 0.15) is 24.7 Å². The molecule has 0 bridgehead atoms. The highest BCUT2D eigenvalue weighted by Gasteiger charge is 2.34. The van der Waals surface area contributed by atoms with Crippen molar-refractivity contribution in [2.45, 2.75) is 20.5 Å². The van der Waals surface area contributed by atoms with Gasteiger partial charge < -0.3 is 9.47 Å². The quantitative estimate of drug-likeness (QED) is 0.387. The molecule has 0 atom stereocenters. The van der Waals surface area contributed by atoms with Crippen LogP contribution in [0.1, 0.15) is 22.3 Å². The molecule has 0 spiro atoms. The molecule has 1 heterocycles. The molecule has 4 rings (SSSR count). The summed E-state index contributed by atoms with van der Waals surface area (Å²) in [4.78, 5) is 26.7. The standard InChI is InChI=1S/C27H25NO4S/c1-19-6-5-9-24(16-19)31-15-14-28-26(29)25(33-27(28)30)17-21-10-12-23(13-11-21)32-18-22-8-4-3-7-20(22)2/h3-13,16-17H,14-15,18H2,1-2H3/b25-17-. The molecule has 0 N–H and O–H groups in total. The highest BCUT2D eigenvalue weighted by molar-refractivity contribution is 8.18. The molecule has 5 nitrogen and oxygen atoms in total. The van der Waals surface area contributed by atoms with E-state index in [1.54, 1.807) is 6.08 Å². The van der Waals surface area contributed by atoms with E-state index < -0.39 is 0 Å². The predicted octanol–water partition coefficient (Wildman–Crippen LogP) is 6.00. The van der Waals surface area contributed by atoms with Crippen molar-refractivity contribution in [2.24, 2.45) is 0 Å². The van der Waals surface area contributed by atoms with Crippen LogP contribution < -0.4 is 9.47 Å². The molecule has 33 heavy (non-hydrogen) atoms. The fraction of sp³-hybridized carbons (Fsp3) is 0.185. The Balaban J connectivity index is 1.33. The van der Waals surface area contributed by atoms with Gasteiger partial charge in [-0.1, -0.05) is 48.5 Å². The van der Waals surface area contributed by atoms with E-state index in [0.29, 0.717) is 11.5 Å². The first-order chi connectivity index (χ1) is 16.0. The Hall–Kier alpha value is -3.51. The van der Waals surface area contributed by atoms with Gasteiger partial charge in [-0.25, -0.2) is 0 Å². The summed E-state index contributed by atoms with van der Waals surface area (Å²) in [5.41, 5.74) is 4.25. The lowest BCUT2D eigenvalue weighted by molar-refractivity contribution is -0.123. The second kappa shape index (κ2) is 10.4. The molecular formula is C27H25NO4S. The van der Waals surface area contributed by atoms with E-state index in [1.165, 1.54) is 10.5 Å². The fourth-order valence-corrected chi connectivity index (χ4v) is 4.26. The van der Waals surface area contributed by atoms with Gasteiger partial charge in [0, 0.05) is 0 Å². The first kappa shape index (κ1) is 22.7. The van der Waals surface area contributed by atoms with Crippen LogP contribution in [0, 0.1) is 13.8 Å². The molecule has 0 aliphatic carbocycles. The number of benzene rings is 3. The molecule has 3 aromatic rings. The zero-order valence-corrected chi connectivity index (χ0v) is 19.4. The highest BCUT2D eigenvalue weighted by Crippen LogP contribution is 2.32. The Kier molecular flexibility index (Phi) is 7.15. The molecule has 3 aromatic carbocycles. The lowest BCUT2D eigenvalue weighted by atomic mass is 10.1. The van der Waals surface area contributed by atoms with E-state index in [0.717, 1.165) is 40.0 Å². The number of hydrogen-bond donors (Lipinski definition) is 0. The van der Waals surface area contributed by atoms with Crippen LogP contribution in [0.25, 0.3) is 6.08 Å². The van der Waals surface area contributed by atoms with Crippen molar-refractivity contribution >= 4 is 29.0 Å². The summed E-state index contributed by atoms with van der Waals surface area (Å²) < 4.78 is 11.6. The van der Waals surface area contributed by atoms with E-state index in [4.69, 9.17) is 9.47 Å². The molecule has 0 saturated carbocycles. The summed E-state index contributed by atoms with van der Waals surface area (Å²) in [6, 6.07) is 23.3. The highest BCUT2D eigenvalue weighted by atomic mass is 32.2. The summed E-state index contributed by atoms with van der Waals surface area (Å²) in [7, 11) is 0. The van der Waals surface area contributed by atoms with Crippen molar-refractivity contribution < 1.29 is 19.1 Å². The number of thioether (sulfide) groups is 1. The third-order valence-corrected chi connectivity index (χ3v) is 6.19. The van der Waals surface area contributed by atoms with E-state index in [2.05, 4.69) is 13.0 Å². The van der Waals surface area contributed by atoms with Crippen molar-refractivity contribution in [2.75, 3.05) is 13.2 Å². The van der Waals surface area contributed by atoms with Gasteiger partial charge in [-0.2, -0.15) is 0 Å². The number of carbonyl (C=O) groups is 2. The van der Waals surface area contributed by atoms with Crippen LogP contribution in [0.4, 0.5) is 4.79 Å². The molecule has 1 aliphatic heterocycles. The van der Waals surface area contributed by atoms with Gasteiger partial charge in [0.2, 0.25) is 0 Å². The lowest BCUT2D eigenvalue weighted by Crippen LogP contribution is -2.32. The minimum absolute atomic E-state index is 0.210. The minimum atomic E-state index is -0.294. The zero-order chi connectivity index (χ0) is 23.2. The van der Waals surface area contributed by atoms with Crippen LogP contribution in [-0.2, 0) is 11.4 Å². The van der Waals surface area contributed by atoms with E-state index in [9.17, 15) is 9.59 Å². The van der Waals surface area contributed by atoms with Gasteiger partial charge in [-0.05, 0) is 78.2 Å².